The Bertz CT molecular complexity index is 187. The van der Waals surface area contributed by atoms with Gasteiger partial charge >= 0.3 is 0 Å². The number of hydrogen-bond donors (Lipinski definition) is 1. The lowest BCUT2D eigenvalue weighted by molar-refractivity contribution is -0.0148. The lowest BCUT2D eigenvalue weighted by Crippen LogP contribution is -2.49. The monoisotopic (exact) mass is 228 g/mol. The molecule has 1 atom stereocenters. The highest BCUT2D eigenvalue weighted by Gasteiger charge is 2.21. The average molecular weight is 228 g/mol. The lowest BCUT2D eigenvalue weighted by atomic mass is 10.1. The summed E-state index contributed by atoms with van der Waals surface area (Å²) in [5.74, 6) is 0. The highest BCUT2D eigenvalue weighted by Crippen LogP contribution is 2.14. The van der Waals surface area contributed by atoms with Gasteiger partial charge in [-0.2, -0.15) is 0 Å². The molecule has 2 aliphatic heterocycles. The van der Waals surface area contributed by atoms with Crippen molar-refractivity contribution in [2.45, 2.75) is 25.4 Å². The van der Waals surface area contributed by atoms with Gasteiger partial charge in [0.05, 0.1) is 12.7 Å². The van der Waals surface area contributed by atoms with E-state index in [-0.39, 0.29) is 6.61 Å². The molecule has 2 fully saturated rings. The molecule has 4 nitrogen and oxygen atoms in total. The van der Waals surface area contributed by atoms with Gasteiger partial charge in [0, 0.05) is 45.9 Å². The third kappa shape index (κ3) is 3.70. The van der Waals surface area contributed by atoms with Crippen molar-refractivity contribution in [1.29, 1.82) is 0 Å². The molecular formula is C12H24N2O2. The summed E-state index contributed by atoms with van der Waals surface area (Å²) in [5, 5.41) is 8.87. The molecule has 0 bridgehead atoms. The summed E-state index contributed by atoms with van der Waals surface area (Å²) in [4.78, 5) is 4.84. The Balaban J connectivity index is 1.64. The molecule has 2 heterocycles. The first-order chi connectivity index (χ1) is 7.88. The Morgan fingerprint density at radius 1 is 1.06 bits per heavy atom. The minimum atomic E-state index is 0.283. The van der Waals surface area contributed by atoms with Crippen LogP contribution in [0.4, 0.5) is 0 Å². The zero-order chi connectivity index (χ0) is 11.2. The second-order valence-electron chi connectivity index (χ2n) is 4.85. The summed E-state index contributed by atoms with van der Waals surface area (Å²) in [6.07, 6.45) is 4.27. The number of aliphatic hydroxyl groups is 1. The number of rotatable bonds is 4. The first kappa shape index (κ1) is 12.3. The van der Waals surface area contributed by atoms with Crippen LogP contribution in [0, 0.1) is 0 Å². The number of hydrogen-bond acceptors (Lipinski definition) is 4. The van der Waals surface area contributed by atoms with Crippen molar-refractivity contribution in [2.75, 3.05) is 52.5 Å². The van der Waals surface area contributed by atoms with Crippen LogP contribution < -0.4 is 0 Å². The molecule has 1 unspecified atom stereocenters. The summed E-state index contributed by atoms with van der Waals surface area (Å²) in [5.41, 5.74) is 0. The predicted molar refractivity (Wildman–Crippen MR) is 63.6 cm³/mol. The molecule has 94 valence electrons. The van der Waals surface area contributed by atoms with Gasteiger partial charge in [0.15, 0.2) is 0 Å². The van der Waals surface area contributed by atoms with E-state index in [4.69, 9.17) is 9.84 Å². The van der Waals surface area contributed by atoms with Crippen LogP contribution in [0.5, 0.6) is 0 Å². The van der Waals surface area contributed by atoms with Gasteiger partial charge in [-0.15, -0.1) is 0 Å². The van der Waals surface area contributed by atoms with Gasteiger partial charge in [0.1, 0.15) is 0 Å². The molecule has 0 aromatic heterocycles. The Labute approximate surface area is 98.2 Å². The number of β-amino-alcohol motifs (C(OH)–C–C–N with tert-alkyl or cyclic N) is 1. The third-order valence-corrected chi connectivity index (χ3v) is 3.62. The van der Waals surface area contributed by atoms with Gasteiger partial charge < -0.3 is 9.84 Å². The third-order valence-electron chi connectivity index (χ3n) is 3.62. The molecule has 0 amide bonds. The standard InChI is InChI=1S/C12H24N2O2/c15-9-8-13-4-6-14(7-5-13)11-12-3-1-2-10-16-12/h12,15H,1-11H2. The maximum absolute atomic E-state index is 8.87. The molecule has 4 heteroatoms. The van der Waals surface area contributed by atoms with Crippen molar-refractivity contribution in [3.05, 3.63) is 0 Å². The van der Waals surface area contributed by atoms with Crippen LogP contribution in [0.15, 0.2) is 0 Å². The Morgan fingerprint density at radius 3 is 2.44 bits per heavy atom. The summed E-state index contributed by atoms with van der Waals surface area (Å²) in [7, 11) is 0. The molecule has 0 aliphatic carbocycles. The normalized spacial score (nSPS) is 29.4. The molecule has 1 N–H and O–H groups in total. The summed E-state index contributed by atoms with van der Waals surface area (Å²) >= 11 is 0. The maximum Gasteiger partial charge on any atom is 0.0702 e. The van der Waals surface area contributed by atoms with Gasteiger partial charge in [-0.1, -0.05) is 0 Å². The molecule has 2 saturated heterocycles. The highest BCUT2D eigenvalue weighted by atomic mass is 16.5. The largest absolute Gasteiger partial charge is 0.395 e. The van der Waals surface area contributed by atoms with Crippen LogP contribution in [0.2, 0.25) is 0 Å². The zero-order valence-corrected chi connectivity index (χ0v) is 10.1. The predicted octanol–water partition coefficient (Wildman–Crippen LogP) is 0.165. The van der Waals surface area contributed by atoms with Crippen LogP contribution in [0.1, 0.15) is 19.3 Å². The van der Waals surface area contributed by atoms with Gasteiger partial charge in [-0.25, -0.2) is 0 Å². The van der Waals surface area contributed by atoms with E-state index in [0.717, 1.165) is 45.9 Å². The summed E-state index contributed by atoms with van der Waals surface area (Å²) in [6.45, 7) is 7.60. The summed E-state index contributed by atoms with van der Waals surface area (Å²) < 4.78 is 5.76. The van der Waals surface area contributed by atoms with E-state index in [1.165, 1.54) is 19.3 Å². The zero-order valence-electron chi connectivity index (χ0n) is 10.1. The van der Waals surface area contributed by atoms with E-state index in [9.17, 15) is 0 Å². The van der Waals surface area contributed by atoms with Gasteiger partial charge in [0.25, 0.3) is 0 Å². The van der Waals surface area contributed by atoms with Crippen molar-refractivity contribution in [3.8, 4) is 0 Å². The minimum Gasteiger partial charge on any atom is -0.395 e. The van der Waals surface area contributed by atoms with Crippen LogP contribution in [0.25, 0.3) is 0 Å². The molecule has 0 saturated carbocycles. The fourth-order valence-corrected chi connectivity index (χ4v) is 2.58. The number of ether oxygens (including phenoxy) is 1. The van der Waals surface area contributed by atoms with Crippen molar-refractivity contribution in [1.82, 2.24) is 9.80 Å². The molecule has 0 aromatic carbocycles. The Hall–Kier alpha value is -0.160. The van der Waals surface area contributed by atoms with Crippen molar-refractivity contribution in [3.63, 3.8) is 0 Å². The van der Waals surface area contributed by atoms with Gasteiger partial charge in [-0.3, -0.25) is 9.80 Å². The Kier molecular flexibility index (Phi) is 5.03. The van der Waals surface area contributed by atoms with Crippen LogP contribution in [-0.2, 0) is 4.74 Å². The highest BCUT2D eigenvalue weighted by molar-refractivity contribution is 4.75. The SMILES string of the molecule is OCCN1CCN(CC2CCCCO2)CC1. The van der Waals surface area contributed by atoms with Crippen molar-refractivity contribution >= 4 is 0 Å². The average Bonchev–Trinajstić information content (AvgIpc) is 2.33. The first-order valence-corrected chi connectivity index (χ1v) is 6.55. The molecule has 16 heavy (non-hydrogen) atoms. The number of piperazine rings is 1. The van der Waals surface area contributed by atoms with E-state index >= 15 is 0 Å². The fourth-order valence-electron chi connectivity index (χ4n) is 2.58. The maximum atomic E-state index is 8.87. The number of aliphatic hydroxyl groups excluding tert-OH is 1. The smallest absolute Gasteiger partial charge is 0.0702 e. The topological polar surface area (TPSA) is 35.9 Å². The quantitative estimate of drug-likeness (QED) is 0.744. The summed E-state index contributed by atoms with van der Waals surface area (Å²) in [6, 6.07) is 0. The van der Waals surface area contributed by atoms with Crippen LogP contribution >= 0.6 is 0 Å². The molecule has 0 radical (unpaired) electrons. The fraction of sp³-hybridized carbons (Fsp3) is 1.00. The van der Waals surface area contributed by atoms with Gasteiger partial charge in [-0.05, 0) is 19.3 Å². The van der Waals surface area contributed by atoms with Crippen molar-refractivity contribution in [2.24, 2.45) is 0 Å². The van der Waals surface area contributed by atoms with E-state index in [1.807, 2.05) is 0 Å². The molecule has 2 rings (SSSR count). The first-order valence-electron chi connectivity index (χ1n) is 6.55. The van der Waals surface area contributed by atoms with E-state index in [0.29, 0.717) is 6.10 Å². The second-order valence-corrected chi connectivity index (χ2v) is 4.85. The molecule has 0 aromatic rings. The van der Waals surface area contributed by atoms with E-state index < -0.39 is 0 Å². The number of nitrogens with zero attached hydrogens (tertiary/aromatic N) is 2. The van der Waals surface area contributed by atoms with Gasteiger partial charge in [0.2, 0.25) is 0 Å². The van der Waals surface area contributed by atoms with E-state index in [1.54, 1.807) is 0 Å². The van der Waals surface area contributed by atoms with Crippen molar-refractivity contribution < 1.29 is 9.84 Å². The van der Waals surface area contributed by atoms with Crippen LogP contribution in [0.3, 0.4) is 0 Å². The van der Waals surface area contributed by atoms with E-state index in [2.05, 4.69) is 9.80 Å². The second kappa shape index (κ2) is 6.55. The Morgan fingerprint density at radius 2 is 1.81 bits per heavy atom. The molecule has 2 aliphatic rings. The minimum absolute atomic E-state index is 0.283. The molecule has 0 spiro atoms. The lowest BCUT2D eigenvalue weighted by Gasteiger charge is -2.36. The van der Waals surface area contributed by atoms with Crippen LogP contribution in [-0.4, -0.2) is 73.5 Å². The molecular weight excluding hydrogens is 204 g/mol.